The number of benzene rings is 1. The van der Waals surface area contributed by atoms with Gasteiger partial charge in [-0.25, -0.2) is 0 Å². The summed E-state index contributed by atoms with van der Waals surface area (Å²) in [4.78, 5) is 16.2. The Morgan fingerprint density at radius 2 is 2.27 bits per heavy atom. The Kier molecular flexibility index (Phi) is 4.81. The second kappa shape index (κ2) is 7.09. The molecule has 0 saturated carbocycles. The van der Waals surface area contributed by atoms with Gasteiger partial charge in [-0.2, -0.15) is 5.10 Å². The van der Waals surface area contributed by atoms with Gasteiger partial charge in [0.15, 0.2) is 10.6 Å². The number of aromatic amines is 1. The molecule has 5 nitrogen and oxygen atoms in total. The number of thiophene rings is 1. The van der Waals surface area contributed by atoms with Crippen molar-refractivity contribution in [1.29, 1.82) is 0 Å². The number of aromatic nitrogens is 3. The van der Waals surface area contributed by atoms with Crippen molar-refractivity contribution in [3.05, 3.63) is 50.5 Å². The molecule has 0 fully saturated rings. The van der Waals surface area contributed by atoms with Crippen LogP contribution < -0.4 is 4.90 Å². The fourth-order valence-electron chi connectivity index (χ4n) is 3.37. The molecule has 0 radical (unpaired) electrons. The lowest BCUT2D eigenvalue weighted by Gasteiger charge is -2.32. The fraction of sp³-hybridized carbons (Fsp3) is 0.278. The maximum atomic E-state index is 13.3. The van der Waals surface area contributed by atoms with Crippen LogP contribution in [-0.2, 0) is 11.2 Å². The van der Waals surface area contributed by atoms with E-state index in [0.29, 0.717) is 10.6 Å². The van der Waals surface area contributed by atoms with E-state index in [1.807, 2.05) is 46.0 Å². The highest BCUT2D eigenvalue weighted by atomic mass is 79.9. The van der Waals surface area contributed by atoms with Crippen molar-refractivity contribution >= 4 is 51.1 Å². The van der Waals surface area contributed by atoms with E-state index in [9.17, 15) is 4.79 Å². The molecule has 1 aliphatic rings. The summed E-state index contributed by atoms with van der Waals surface area (Å²) in [5.41, 5.74) is 2.18. The number of carbonyl (C=O) groups is 1. The Labute approximate surface area is 168 Å². The molecule has 0 saturated heterocycles. The topological polar surface area (TPSA) is 53.9 Å². The van der Waals surface area contributed by atoms with Crippen LogP contribution >= 0.6 is 39.5 Å². The Morgan fingerprint density at radius 1 is 1.42 bits per heavy atom. The van der Waals surface area contributed by atoms with Gasteiger partial charge in [0, 0.05) is 16.7 Å². The lowest BCUT2D eigenvalue weighted by Crippen LogP contribution is -2.39. The predicted molar refractivity (Wildman–Crippen MR) is 110 cm³/mol. The minimum Gasteiger partial charge on any atom is -0.310 e. The number of rotatable bonds is 3. The van der Waals surface area contributed by atoms with Crippen LogP contribution in [-0.4, -0.2) is 27.2 Å². The zero-order valence-electron chi connectivity index (χ0n) is 14.1. The summed E-state index contributed by atoms with van der Waals surface area (Å²) in [6, 6.07) is 9.60. The minimum atomic E-state index is -0.437. The monoisotopic (exact) mass is 448 g/mol. The zero-order chi connectivity index (χ0) is 18.3. The molecule has 8 heteroatoms. The lowest BCUT2D eigenvalue weighted by molar-refractivity contribution is -0.121. The molecule has 3 heterocycles. The van der Waals surface area contributed by atoms with Crippen molar-refractivity contribution < 1.29 is 4.79 Å². The summed E-state index contributed by atoms with van der Waals surface area (Å²) < 4.78 is 3.31. The number of halogens is 1. The van der Waals surface area contributed by atoms with Crippen LogP contribution in [0.5, 0.6) is 0 Å². The van der Waals surface area contributed by atoms with Crippen LogP contribution in [0.25, 0.3) is 10.7 Å². The van der Waals surface area contributed by atoms with Crippen LogP contribution in [0, 0.1) is 4.77 Å². The molecule has 1 N–H and O–H groups in total. The Morgan fingerprint density at radius 3 is 3.04 bits per heavy atom. The van der Waals surface area contributed by atoms with Gasteiger partial charge in [-0.15, -0.1) is 11.3 Å². The quantitative estimate of drug-likeness (QED) is 0.575. The van der Waals surface area contributed by atoms with Crippen molar-refractivity contribution in [3.8, 4) is 10.7 Å². The summed E-state index contributed by atoms with van der Waals surface area (Å²) in [5, 5.41) is 9.17. The third-order valence-corrected chi connectivity index (χ3v) is 6.26. The van der Waals surface area contributed by atoms with Crippen molar-refractivity contribution in [2.75, 3.05) is 11.4 Å². The highest BCUT2D eigenvalue weighted by molar-refractivity contribution is 9.10. The van der Waals surface area contributed by atoms with Gasteiger partial charge in [0.25, 0.3) is 0 Å². The SMILES string of the molecule is CC(C(=O)N1CCCc2cc(Br)ccc21)n1c(-c2cccs2)n[nH]c1=S. The number of nitrogens with one attached hydrogen (secondary N) is 1. The summed E-state index contributed by atoms with van der Waals surface area (Å²) in [7, 11) is 0. The highest BCUT2D eigenvalue weighted by Crippen LogP contribution is 2.32. The van der Waals surface area contributed by atoms with Gasteiger partial charge in [0.05, 0.1) is 4.88 Å². The number of hydrogen-bond acceptors (Lipinski definition) is 4. The maximum absolute atomic E-state index is 13.3. The van der Waals surface area contributed by atoms with Crippen molar-refractivity contribution in [2.45, 2.75) is 25.8 Å². The number of carbonyl (C=O) groups excluding carboxylic acids is 1. The molecule has 0 aliphatic carbocycles. The van der Waals surface area contributed by atoms with Gasteiger partial charge in [-0.05, 0) is 67.2 Å². The molecule has 2 aromatic heterocycles. The van der Waals surface area contributed by atoms with Gasteiger partial charge < -0.3 is 4.90 Å². The lowest BCUT2D eigenvalue weighted by atomic mass is 10.0. The van der Waals surface area contributed by atoms with E-state index in [-0.39, 0.29) is 5.91 Å². The molecule has 1 atom stereocenters. The number of aryl methyl sites for hydroxylation is 1. The molecule has 26 heavy (non-hydrogen) atoms. The number of nitrogens with zero attached hydrogens (tertiary/aromatic N) is 3. The minimum absolute atomic E-state index is 0.0311. The number of H-pyrrole nitrogens is 1. The van der Waals surface area contributed by atoms with E-state index in [1.165, 1.54) is 5.56 Å². The molecule has 0 bridgehead atoms. The molecule has 134 valence electrons. The van der Waals surface area contributed by atoms with E-state index < -0.39 is 6.04 Å². The first kappa shape index (κ1) is 17.6. The average Bonchev–Trinajstić information content (AvgIpc) is 3.29. The first-order valence-electron chi connectivity index (χ1n) is 8.37. The third kappa shape index (κ3) is 3.06. The maximum Gasteiger partial charge on any atom is 0.249 e. The van der Waals surface area contributed by atoms with Crippen LogP contribution in [0.4, 0.5) is 5.69 Å². The van der Waals surface area contributed by atoms with Gasteiger partial charge in [0.1, 0.15) is 6.04 Å². The van der Waals surface area contributed by atoms with Crippen molar-refractivity contribution in [2.24, 2.45) is 0 Å². The second-order valence-corrected chi connectivity index (χ2v) is 8.49. The molecular formula is C18H17BrN4OS2. The molecular weight excluding hydrogens is 432 g/mol. The van der Waals surface area contributed by atoms with E-state index in [2.05, 4.69) is 32.2 Å². The highest BCUT2D eigenvalue weighted by Gasteiger charge is 2.29. The zero-order valence-corrected chi connectivity index (χ0v) is 17.3. The van der Waals surface area contributed by atoms with Crippen molar-refractivity contribution in [3.63, 3.8) is 0 Å². The average molecular weight is 449 g/mol. The van der Waals surface area contributed by atoms with Gasteiger partial charge in [-0.3, -0.25) is 14.5 Å². The molecule has 1 amide bonds. The number of hydrogen-bond donors (Lipinski definition) is 1. The fourth-order valence-corrected chi connectivity index (χ4v) is 4.78. The van der Waals surface area contributed by atoms with Crippen LogP contribution in [0.2, 0.25) is 0 Å². The number of amides is 1. The van der Waals surface area contributed by atoms with Crippen molar-refractivity contribution in [1.82, 2.24) is 14.8 Å². The van der Waals surface area contributed by atoms with Crippen LogP contribution in [0.1, 0.15) is 24.9 Å². The second-order valence-electron chi connectivity index (χ2n) is 6.24. The molecule has 4 rings (SSSR count). The first-order chi connectivity index (χ1) is 12.6. The molecule has 1 aromatic carbocycles. The predicted octanol–water partition coefficient (Wildman–Crippen LogP) is 4.97. The first-order valence-corrected chi connectivity index (χ1v) is 10.4. The van der Waals surface area contributed by atoms with E-state index >= 15 is 0 Å². The molecule has 3 aromatic rings. The van der Waals surface area contributed by atoms with E-state index in [1.54, 1.807) is 11.3 Å². The molecule has 1 unspecified atom stereocenters. The summed E-state index contributed by atoms with van der Waals surface area (Å²) >= 11 is 10.5. The van der Waals surface area contributed by atoms with Gasteiger partial charge in [0.2, 0.25) is 5.91 Å². The van der Waals surface area contributed by atoms with E-state index in [0.717, 1.165) is 34.4 Å². The van der Waals surface area contributed by atoms with Gasteiger partial charge >= 0.3 is 0 Å². The summed E-state index contributed by atoms with van der Waals surface area (Å²) in [5.74, 6) is 0.738. The molecule has 1 aliphatic heterocycles. The summed E-state index contributed by atoms with van der Waals surface area (Å²) in [6.45, 7) is 2.61. The third-order valence-electron chi connectivity index (χ3n) is 4.62. The Hall–Kier alpha value is -1.77. The largest absolute Gasteiger partial charge is 0.310 e. The van der Waals surface area contributed by atoms with Gasteiger partial charge in [-0.1, -0.05) is 22.0 Å². The van der Waals surface area contributed by atoms with Crippen LogP contribution in [0.15, 0.2) is 40.2 Å². The molecule has 0 spiro atoms. The Bertz CT molecular complexity index is 1010. The number of anilines is 1. The van der Waals surface area contributed by atoms with E-state index in [4.69, 9.17) is 12.2 Å². The number of fused-ring (bicyclic) bond motifs is 1. The normalized spacial score (nSPS) is 14.9. The smallest absolute Gasteiger partial charge is 0.249 e. The Balaban J connectivity index is 1.71. The summed E-state index contributed by atoms with van der Waals surface area (Å²) in [6.07, 6.45) is 1.94. The van der Waals surface area contributed by atoms with Crippen LogP contribution in [0.3, 0.4) is 0 Å². The standard InChI is InChI=1S/C18H17BrN4OS2/c1-11(23-16(20-21-18(23)25)15-5-3-9-26-15)17(24)22-8-2-4-12-10-13(19)6-7-14(12)22/h3,5-7,9-11H,2,4,8H2,1H3,(H,21,25).